The average molecular weight is 818 g/mol. The summed E-state index contributed by atoms with van der Waals surface area (Å²) >= 11 is 0. The van der Waals surface area contributed by atoms with Gasteiger partial charge in [0, 0.05) is 12.8 Å². The fourth-order valence-corrected chi connectivity index (χ4v) is 5.17. The minimum atomic E-state index is -4.75. The van der Waals surface area contributed by atoms with Crippen LogP contribution in [0.1, 0.15) is 110 Å². The van der Waals surface area contributed by atoms with Crippen LogP contribution in [-0.2, 0) is 37.5 Å². The van der Waals surface area contributed by atoms with Gasteiger partial charge < -0.3 is 30.3 Å². The molecule has 0 bridgehead atoms. The maximum atomic E-state index is 12.6. The summed E-state index contributed by atoms with van der Waals surface area (Å²) in [6.45, 7) is 2.21. The summed E-state index contributed by atoms with van der Waals surface area (Å²) in [6.07, 6.45) is 45.5. The van der Waals surface area contributed by atoms with Crippen LogP contribution in [0, 0.1) is 0 Å². The van der Waals surface area contributed by atoms with E-state index in [9.17, 15) is 28.9 Å². The van der Waals surface area contributed by atoms with Crippen LogP contribution in [0.25, 0.3) is 0 Å². The molecule has 12 nitrogen and oxygen atoms in total. The number of aliphatic hydroxyl groups is 1. The first-order valence-corrected chi connectivity index (χ1v) is 21.5. The molecule has 0 aliphatic rings. The van der Waals surface area contributed by atoms with Crippen molar-refractivity contribution in [2.75, 3.05) is 19.8 Å². The van der Waals surface area contributed by atoms with Crippen LogP contribution in [-0.4, -0.2) is 71.1 Å². The number of esters is 2. The molecule has 0 saturated heterocycles. The zero-order valence-corrected chi connectivity index (χ0v) is 34.9. The van der Waals surface area contributed by atoms with Gasteiger partial charge in [-0.1, -0.05) is 123 Å². The number of aliphatic carboxylic acids is 1. The molecule has 0 spiro atoms. The molecule has 57 heavy (non-hydrogen) atoms. The molecule has 0 aliphatic carbocycles. The number of unbranched alkanes of at least 4 members (excludes halogenated alkanes) is 3. The summed E-state index contributed by atoms with van der Waals surface area (Å²) in [6, 6.07) is -1.55. The fourth-order valence-electron chi connectivity index (χ4n) is 4.39. The van der Waals surface area contributed by atoms with Crippen molar-refractivity contribution in [2.45, 2.75) is 128 Å². The molecule has 0 saturated carbocycles. The highest BCUT2D eigenvalue weighted by atomic mass is 31.2. The highest BCUT2D eigenvalue weighted by Gasteiger charge is 2.28. The lowest BCUT2D eigenvalue weighted by atomic mass is 10.2. The topological polar surface area (TPSA) is 192 Å². The predicted octanol–water partition coefficient (Wildman–Crippen LogP) is 9.24. The minimum absolute atomic E-state index is 0.0822. The number of carboxylic acids is 1. The lowest BCUT2D eigenvalue weighted by Crippen LogP contribution is -2.34. The summed E-state index contributed by atoms with van der Waals surface area (Å²) in [5.74, 6) is -2.55. The van der Waals surface area contributed by atoms with Gasteiger partial charge >= 0.3 is 25.7 Å². The molecule has 0 aliphatic heterocycles. The molecule has 0 radical (unpaired) electrons. The van der Waals surface area contributed by atoms with E-state index in [0.717, 1.165) is 57.8 Å². The SMILES string of the molecule is CC/C=C\C/C=C\C/C=C\C/C=C\CCCCC(=O)O[C@H](COC(=O)CCC/C=C\C/C=C\C/C=C\C/C=C\C=C\[C@@H](O)CC)COP(=O)(O)OC[C@H](N)C(=O)O. The van der Waals surface area contributed by atoms with Crippen molar-refractivity contribution < 1.29 is 52.6 Å². The first-order chi connectivity index (χ1) is 27.5. The van der Waals surface area contributed by atoms with E-state index in [1.165, 1.54) is 0 Å². The number of phosphoric acid groups is 1. The van der Waals surface area contributed by atoms with Crippen LogP contribution < -0.4 is 5.73 Å². The Morgan fingerprint density at radius 2 is 1.12 bits per heavy atom. The molecule has 0 aromatic heterocycles. The Morgan fingerprint density at radius 1 is 0.632 bits per heavy atom. The van der Waals surface area contributed by atoms with Gasteiger partial charge in [-0.15, -0.1) is 0 Å². The van der Waals surface area contributed by atoms with Crippen molar-refractivity contribution in [3.63, 3.8) is 0 Å². The molecule has 0 fully saturated rings. The van der Waals surface area contributed by atoms with Crippen LogP contribution in [0.2, 0.25) is 0 Å². The maximum Gasteiger partial charge on any atom is 0.472 e. The van der Waals surface area contributed by atoms with Crippen molar-refractivity contribution in [2.24, 2.45) is 5.73 Å². The normalized spacial score (nSPS) is 15.5. The van der Waals surface area contributed by atoms with E-state index >= 15 is 0 Å². The third-order valence-electron chi connectivity index (χ3n) is 7.67. The van der Waals surface area contributed by atoms with Gasteiger partial charge in [0.15, 0.2) is 6.10 Å². The molecule has 0 amide bonds. The van der Waals surface area contributed by atoms with Crippen LogP contribution in [0.15, 0.2) is 109 Å². The summed E-state index contributed by atoms with van der Waals surface area (Å²) < 4.78 is 32.5. The van der Waals surface area contributed by atoms with Gasteiger partial charge in [-0.3, -0.25) is 23.4 Å². The predicted molar refractivity (Wildman–Crippen MR) is 227 cm³/mol. The zero-order chi connectivity index (χ0) is 42.2. The maximum absolute atomic E-state index is 12.6. The fraction of sp³-hybridized carbons (Fsp3) is 0.523. The number of carbonyl (C=O) groups is 3. The Hall–Kier alpha value is -3.90. The molecule has 0 rings (SSSR count). The standard InChI is InChI=1S/C44H68NO11P/c1-3-5-6-7-8-9-10-11-12-17-20-23-26-29-32-35-43(48)56-40(37-54-57(51,52)55-38-41(45)44(49)50)36-53-42(47)34-31-28-25-22-19-16-14-13-15-18-21-24-27-30-33-39(46)4-2/h5-6,8-9,11-12,14-16,18,20,22-25,27,30,33,39-41,46H,3-4,7,10,13,17,19,21,26,28-29,31-32,34-38,45H2,1-2H3,(H,49,50)(H,51,52)/b6-5-,9-8-,12-11-,16-14-,18-15-,23-20-,25-22-,27-24-,33-30+/t39-,40+,41-/m0/s1. The van der Waals surface area contributed by atoms with Crippen LogP contribution in [0.3, 0.4) is 0 Å². The largest absolute Gasteiger partial charge is 0.480 e. The number of allylic oxidation sites excluding steroid dienone is 17. The molecular formula is C44H68NO11P. The van der Waals surface area contributed by atoms with E-state index in [2.05, 4.69) is 84.4 Å². The summed E-state index contributed by atoms with van der Waals surface area (Å²) in [7, 11) is -4.75. The van der Waals surface area contributed by atoms with Gasteiger partial charge in [0.05, 0.1) is 19.3 Å². The van der Waals surface area contributed by atoms with Gasteiger partial charge in [0.25, 0.3) is 0 Å². The van der Waals surface area contributed by atoms with E-state index in [0.29, 0.717) is 25.7 Å². The highest BCUT2D eigenvalue weighted by molar-refractivity contribution is 7.47. The van der Waals surface area contributed by atoms with Crippen LogP contribution >= 0.6 is 7.82 Å². The highest BCUT2D eigenvalue weighted by Crippen LogP contribution is 2.43. The molecule has 1 unspecified atom stereocenters. The van der Waals surface area contributed by atoms with E-state index in [4.69, 9.17) is 24.8 Å². The molecule has 0 aromatic rings. The van der Waals surface area contributed by atoms with E-state index in [1.807, 2.05) is 37.3 Å². The first-order valence-electron chi connectivity index (χ1n) is 20.0. The smallest absolute Gasteiger partial charge is 0.472 e. The molecule has 320 valence electrons. The summed E-state index contributed by atoms with van der Waals surface area (Å²) in [5.41, 5.74) is 5.31. The molecule has 13 heteroatoms. The summed E-state index contributed by atoms with van der Waals surface area (Å²) in [4.78, 5) is 45.8. The second-order valence-corrected chi connectivity index (χ2v) is 14.3. The van der Waals surface area contributed by atoms with Crippen molar-refractivity contribution in [1.82, 2.24) is 0 Å². The number of ether oxygens (including phenoxy) is 2. The van der Waals surface area contributed by atoms with Crippen molar-refractivity contribution in [3.05, 3.63) is 109 Å². The Labute approximate surface area is 340 Å². The number of hydrogen-bond donors (Lipinski definition) is 4. The molecule has 0 aromatic carbocycles. The number of rotatable bonds is 35. The van der Waals surface area contributed by atoms with Gasteiger partial charge in [0.1, 0.15) is 12.6 Å². The Bertz CT molecular complexity index is 1390. The van der Waals surface area contributed by atoms with E-state index in [-0.39, 0.29) is 12.8 Å². The third kappa shape index (κ3) is 37.4. The second kappa shape index (κ2) is 37.7. The lowest BCUT2D eigenvalue weighted by molar-refractivity contribution is -0.161. The number of carboxylic acid groups (broad SMARTS) is 1. The number of aliphatic hydroxyl groups excluding tert-OH is 1. The Balaban J connectivity index is 4.62. The first kappa shape index (κ1) is 53.1. The van der Waals surface area contributed by atoms with E-state index in [1.54, 1.807) is 6.08 Å². The zero-order valence-electron chi connectivity index (χ0n) is 34.0. The van der Waals surface area contributed by atoms with Gasteiger partial charge in [-0.2, -0.15) is 0 Å². The Kier molecular flexibility index (Phi) is 35.1. The molecule has 5 N–H and O–H groups in total. The number of hydrogen-bond acceptors (Lipinski definition) is 10. The van der Waals surface area contributed by atoms with Crippen molar-refractivity contribution in [3.8, 4) is 0 Å². The number of nitrogens with two attached hydrogens (primary N) is 1. The molecular weight excluding hydrogens is 749 g/mol. The van der Waals surface area contributed by atoms with Crippen molar-refractivity contribution >= 4 is 25.7 Å². The third-order valence-corrected chi connectivity index (χ3v) is 8.62. The van der Waals surface area contributed by atoms with Crippen LogP contribution in [0.4, 0.5) is 0 Å². The average Bonchev–Trinajstić information content (AvgIpc) is 3.19. The van der Waals surface area contributed by atoms with E-state index < -0.39 is 63.8 Å². The molecule has 0 heterocycles. The van der Waals surface area contributed by atoms with Gasteiger partial charge in [0.2, 0.25) is 0 Å². The quantitative estimate of drug-likeness (QED) is 0.0156. The monoisotopic (exact) mass is 817 g/mol. The number of phosphoric ester groups is 1. The lowest BCUT2D eigenvalue weighted by Gasteiger charge is -2.20. The molecule has 4 atom stereocenters. The number of carbonyl (C=O) groups excluding carboxylic acids is 2. The van der Waals surface area contributed by atoms with Gasteiger partial charge in [-0.05, 0) is 83.5 Å². The summed E-state index contributed by atoms with van der Waals surface area (Å²) in [5, 5.41) is 18.3. The minimum Gasteiger partial charge on any atom is -0.480 e. The van der Waals surface area contributed by atoms with Gasteiger partial charge in [-0.25, -0.2) is 4.57 Å². The van der Waals surface area contributed by atoms with Crippen molar-refractivity contribution in [1.29, 1.82) is 0 Å². The second-order valence-electron chi connectivity index (χ2n) is 12.8. The Morgan fingerprint density at radius 3 is 1.67 bits per heavy atom. The van der Waals surface area contributed by atoms with Crippen LogP contribution in [0.5, 0.6) is 0 Å².